The Morgan fingerprint density at radius 3 is 1.97 bits per heavy atom. The number of carboxylic acid groups (broad SMARTS) is 3. The van der Waals surface area contributed by atoms with Gasteiger partial charge in [-0.05, 0) is 147 Å². The number of benzene rings is 3. The van der Waals surface area contributed by atoms with E-state index in [1.54, 1.807) is 6.07 Å². The van der Waals surface area contributed by atoms with Gasteiger partial charge in [-0.15, -0.1) is 0 Å². The molecule has 0 spiro atoms. The van der Waals surface area contributed by atoms with Crippen molar-refractivity contribution in [3.8, 4) is 11.5 Å². The van der Waals surface area contributed by atoms with Crippen LogP contribution in [0.5, 0.6) is 11.5 Å². The number of carbonyl (C=O) groups excluding carboxylic acids is 2. The number of rotatable bonds is 15. The molecule has 4 fully saturated rings. The molecule has 0 bridgehead atoms. The van der Waals surface area contributed by atoms with E-state index in [0.29, 0.717) is 36.1 Å². The van der Waals surface area contributed by atoms with E-state index in [4.69, 9.17) is 29.9 Å². The summed E-state index contributed by atoms with van der Waals surface area (Å²) in [6.45, 7) is 12.7. The molecule has 3 aromatic rings. The Morgan fingerprint density at radius 1 is 0.765 bits per heavy atom. The van der Waals surface area contributed by atoms with Gasteiger partial charge in [-0.1, -0.05) is 89.2 Å². The molecule has 0 aliphatic heterocycles. The van der Waals surface area contributed by atoms with Crippen molar-refractivity contribution >= 4 is 40.8 Å². The number of hydrogen-bond acceptors (Lipinski definition) is 10. The smallest absolute Gasteiger partial charge is 0.336 e. The third-order valence-electron chi connectivity index (χ3n) is 15.4. The fourth-order valence-electron chi connectivity index (χ4n) is 11.9. The summed E-state index contributed by atoms with van der Waals surface area (Å²) < 4.78 is 11.7. The van der Waals surface area contributed by atoms with E-state index in [1.807, 2.05) is 51.4 Å². The molecule has 7 rings (SSSR count). The highest BCUT2D eigenvalue weighted by Crippen LogP contribution is 2.66. The molecule has 13 nitrogen and oxygen atoms in total. The molecule has 370 valence electrons. The normalized spacial score (nSPS) is 26.5. The molecule has 4 aliphatic carbocycles. The molecule has 4 aliphatic rings. The molecule has 0 heterocycles. The molecular formula is C55H73NO12. The molecule has 4 saturated carbocycles. The van der Waals surface area contributed by atoms with Crippen molar-refractivity contribution in [2.75, 3.05) is 27.2 Å². The molecular weight excluding hydrogens is 867 g/mol. The lowest BCUT2D eigenvalue weighted by molar-refractivity contribution is -0.170. The van der Waals surface area contributed by atoms with Crippen LogP contribution in [0.1, 0.15) is 128 Å². The molecule has 0 saturated heterocycles. The van der Waals surface area contributed by atoms with Crippen molar-refractivity contribution in [1.82, 2.24) is 4.90 Å². The fourth-order valence-corrected chi connectivity index (χ4v) is 11.9. The van der Waals surface area contributed by atoms with Crippen LogP contribution < -0.4 is 4.74 Å². The molecule has 0 aromatic heterocycles. The average Bonchev–Trinajstić information content (AvgIpc) is 3.61. The number of aromatic hydroxyl groups is 1. The molecule has 68 heavy (non-hydrogen) atoms. The minimum atomic E-state index is -2.74. The molecule has 3 aromatic carbocycles. The van der Waals surface area contributed by atoms with E-state index < -0.39 is 36.4 Å². The summed E-state index contributed by atoms with van der Waals surface area (Å²) in [7, 11) is 4.07. The minimum Gasteiger partial charge on any atom is -0.508 e. The van der Waals surface area contributed by atoms with Crippen molar-refractivity contribution in [1.29, 1.82) is 0 Å². The van der Waals surface area contributed by atoms with Gasteiger partial charge < -0.3 is 39.9 Å². The highest BCUT2D eigenvalue weighted by atomic mass is 16.5. The maximum atomic E-state index is 12.3. The van der Waals surface area contributed by atoms with Crippen LogP contribution >= 0.6 is 0 Å². The van der Waals surface area contributed by atoms with Crippen molar-refractivity contribution in [2.45, 2.75) is 123 Å². The Labute approximate surface area is 401 Å². The summed E-state index contributed by atoms with van der Waals surface area (Å²) >= 11 is 0. The van der Waals surface area contributed by atoms with Gasteiger partial charge in [0.05, 0.1) is 12.8 Å². The molecule has 13 heteroatoms. The largest absolute Gasteiger partial charge is 0.508 e. The third-order valence-corrected chi connectivity index (χ3v) is 15.4. The van der Waals surface area contributed by atoms with Gasteiger partial charge in [0.15, 0.2) is 5.60 Å². The fraction of sp³-hybridized carbons (Fsp3) is 0.545. The van der Waals surface area contributed by atoms with Crippen LogP contribution in [0.4, 0.5) is 0 Å². The van der Waals surface area contributed by atoms with E-state index in [1.165, 1.54) is 43.2 Å². The zero-order chi connectivity index (χ0) is 50.0. The second-order valence-corrected chi connectivity index (χ2v) is 20.2. The number of phenols is 1. The van der Waals surface area contributed by atoms with Crippen LogP contribution in [0.2, 0.25) is 0 Å². The van der Waals surface area contributed by atoms with Gasteiger partial charge in [-0.25, -0.2) is 4.79 Å². The number of phenolic OH excluding ortho intramolecular Hbond substituents is 1. The van der Waals surface area contributed by atoms with E-state index >= 15 is 0 Å². The summed E-state index contributed by atoms with van der Waals surface area (Å²) in [6, 6.07) is 26.2. The van der Waals surface area contributed by atoms with Crippen molar-refractivity contribution in [3.63, 3.8) is 0 Å². The predicted octanol–water partition coefficient (Wildman–Crippen LogP) is 9.62. The lowest BCUT2D eigenvalue weighted by Gasteiger charge is -2.60. The van der Waals surface area contributed by atoms with Gasteiger partial charge in [0.25, 0.3) is 0 Å². The first-order chi connectivity index (χ1) is 32.1. The Kier molecular flexibility index (Phi) is 18.2. The lowest BCUT2D eigenvalue weighted by Crippen LogP contribution is -2.55. The van der Waals surface area contributed by atoms with Crippen LogP contribution in [0, 0.1) is 40.4 Å². The molecule has 0 unspecified atom stereocenters. The maximum Gasteiger partial charge on any atom is 0.336 e. The van der Waals surface area contributed by atoms with Gasteiger partial charge in [-0.2, -0.15) is 0 Å². The van der Waals surface area contributed by atoms with Crippen LogP contribution in [0.15, 0.2) is 78.9 Å². The zero-order valence-corrected chi connectivity index (χ0v) is 40.9. The summed E-state index contributed by atoms with van der Waals surface area (Å²) in [6.07, 6.45) is 8.32. The number of aliphatic hydroxyl groups is 1. The number of ether oxygens (including phenoxy) is 2. The first-order valence-electron chi connectivity index (χ1n) is 24.2. The quantitative estimate of drug-likeness (QED) is 0.0711. The van der Waals surface area contributed by atoms with Gasteiger partial charge in [0.2, 0.25) is 0 Å². The lowest BCUT2D eigenvalue weighted by atomic mass is 9.44. The van der Waals surface area contributed by atoms with Crippen molar-refractivity contribution in [3.05, 3.63) is 95.6 Å². The Hall–Kier alpha value is -5.53. The first kappa shape index (κ1) is 53.4. The number of ketones is 1. The number of allylic oxidation sites excluding steroid dienone is 1. The summed E-state index contributed by atoms with van der Waals surface area (Å²) in [5, 5.41) is 43.9. The number of hydrogen-bond donors (Lipinski definition) is 5. The van der Waals surface area contributed by atoms with Gasteiger partial charge in [0, 0.05) is 30.7 Å². The molecule has 0 amide bonds. The Bertz CT molecular complexity index is 2240. The number of aliphatic carboxylic acids is 3. The van der Waals surface area contributed by atoms with Crippen molar-refractivity contribution < 1.29 is 59.0 Å². The van der Waals surface area contributed by atoms with E-state index in [0.717, 1.165) is 66.5 Å². The highest BCUT2D eigenvalue weighted by Gasteiger charge is 2.61. The Morgan fingerprint density at radius 2 is 1.40 bits per heavy atom. The second kappa shape index (κ2) is 23.2. The highest BCUT2D eigenvalue weighted by molar-refractivity contribution is 5.98. The SMILES string of the molecule is CC/C(=C(/c1ccc(OCCN(C)C)cc1)c1cccc(O)c1)c1ccccc1.CCC(=O)O[C@H]1CC[C@H]2[C@@H]3CC[C@H]4CC(=O)[C@H](C)C[C@]4(C)[C@H]3CC[C@]12C.O=C(O)CC(O)(CC(=O)O)C(=O)O. The minimum absolute atomic E-state index is 0.0331. The number of esters is 1. The van der Waals surface area contributed by atoms with Gasteiger partial charge >= 0.3 is 23.9 Å². The zero-order valence-electron chi connectivity index (χ0n) is 40.9. The topological polar surface area (TPSA) is 208 Å². The number of carboxylic acids is 3. The van der Waals surface area contributed by atoms with Crippen LogP contribution in [0.3, 0.4) is 0 Å². The molecule has 0 radical (unpaired) electrons. The van der Waals surface area contributed by atoms with E-state index in [2.05, 4.69) is 75.1 Å². The Balaban J connectivity index is 0.000000204. The second-order valence-electron chi connectivity index (χ2n) is 20.2. The maximum absolute atomic E-state index is 12.3. The number of Topliss-reactive ketones (excluding diaryl/α,β-unsaturated/α-hetero) is 1. The number of likely N-dealkylation sites (N-methyl/N-ethyl adjacent to an activating group) is 1. The molecule has 8 atom stereocenters. The number of fused-ring (bicyclic) bond motifs is 5. The summed E-state index contributed by atoms with van der Waals surface area (Å²) in [4.78, 5) is 56.8. The molecule has 5 N–H and O–H groups in total. The van der Waals surface area contributed by atoms with Crippen molar-refractivity contribution in [2.24, 2.45) is 40.4 Å². The standard InChI is InChI=1S/C26H29NO2.C23H36O3.C6H8O7/c1-4-25(20-9-6-5-7-10-20)26(22-11-8-12-23(28)19-22)21-13-15-24(16-14-21)29-18-17-27(2)3;1-5-21(25)26-20-9-8-17-16-7-6-15-12-19(24)14(2)13-23(15,4)18(16)10-11-22(17,20)3;7-3(8)1-6(13,5(11)12)2-4(9)10/h5-16,19,28H,4,17-18H2,1-3H3;14-18,20H,5-13H2,1-4H3;13H,1-2H2,(H,7,8)(H,9,10)(H,11,12)/b26-25+;;/t;14-,15+,16+,17+,18+,20+,22+,23+;/m.1./s1. The first-order valence-corrected chi connectivity index (χ1v) is 24.2. The number of nitrogens with zero attached hydrogens (tertiary/aromatic N) is 1. The third kappa shape index (κ3) is 12.8. The van der Waals surface area contributed by atoms with Crippen LogP contribution in [0.25, 0.3) is 11.1 Å². The van der Waals surface area contributed by atoms with Gasteiger partial charge in [-0.3, -0.25) is 19.2 Å². The van der Waals surface area contributed by atoms with Gasteiger partial charge in [0.1, 0.15) is 30.0 Å². The number of carbonyl (C=O) groups is 5. The summed E-state index contributed by atoms with van der Waals surface area (Å²) in [5.74, 6) is -0.353. The van der Waals surface area contributed by atoms with Crippen LogP contribution in [-0.2, 0) is 28.7 Å². The van der Waals surface area contributed by atoms with E-state index in [-0.39, 0.29) is 29.2 Å². The van der Waals surface area contributed by atoms with E-state index in [9.17, 15) is 29.1 Å². The van der Waals surface area contributed by atoms with Crippen LogP contribution in [-0.4, -0.2) is 99.0 Å². The average molecular weight is 940 g/mol. The monoisotopic (exact) mass is 940 g/mol. The summed E-state index contributed by atoms with van der Waals surface area (Å²) in [5.41, 5.74) is 3.47. The predicted molar refractivity (Wildman–Crippen MR) is 260 cm³/mol.